The summed E-state index contributed by atoms with van der Waals surface area (Å²) in [5, 5.41) is 26.6. The van der Waals surface area contributed by atoms with Crippen molar-refractivity contribution in [2.24, 2.45) is 0 Å². The second-order valence-corrected chi connectivity index (χ2v) is 23.8. The zero-order chi connectivity index (χ0) is 52.1. The lowest BCUT2D eigenvalue weighted by Gasteiger charge is -2.34. The fraction of sp³-hybridized carbons (Fsp3) is 0.667. The van der Waals surface area contributed by atoms with Crippen LogP contribution in [0.3, 0.4) is 0 Å². The smallest absolute Gasteiger partial charge is 0.224 e. The summed E-state index contributed by atoms with van der Waals surface area (Å²) in [5.41, 5.74) is 4.25. The number of benzene rings is 2. The molecule has 7 rings (SSSR count). The fourth-order valence-corrected chi connectivity index (χ4v) is 12.5. The summed E-state index contributed by atoms with van der Waals surface area (Å²) in [7, 11) is 0. The van der Waals surface area contributed by atoms with E-state index in [4.69, 9.17) is 0 Å². The second kappa shape index (κ2) is 23.5. The second-order valence-electron chi connectivity index (χ2n) is 23.8. The van der Waals surface area contributed by atoms with E-state index in [-0.39, 0.29) is 94.2 Å². The molecule has 12 nitrogen and oxygen atoms in total. The van der Waals surface area contributed by atoms with E-state index < -0.39 is 0 Å². The van der Waals surface area contributed by atoms with Gasteiger partial charge in [-0.3, -0.25) is 24.0 Å². The summed E-state index contributed by atoms with van der Waals surface area (Å²) in [6.07, 6.45) is 19.3. The minimum atomic E-state index is -0.340. The summed E-state index contributed by atoms with van der Waals surface area (Å²) >= 11 is 0. The maximum atomic E-state index is 15.0. The van der Waals surface area contributed by atoms with Crippen molar-refractivity contribution < 1.29 is 29.1 Å². The molecule has 0 bridgehead atoms. The standard InChI is InChI=1S/C60H88N6O6/c1-37(2)65-39(5)59(7,8)45-33-43(47(35-49(45)65)63-53(69)31-23-13-11-21-29-51(67)61-41-25-17-15-18-26-41)55-57(71)56(58(55)72)44-34-46-50(66(38(3)4)40(6)60(46,9)10)36-48(44)64-54(70)32-24-14-12-22-30-52(68)62-42-27-19-16-20-28-42/h33-42H,11-32H2,1-10H3,(H4,61,62,63,64,67,68,69,70,71,72)/p+1. The lowest BCUT2D eigenvalue weighted by molar-refractivity contribution is -0.123. The number of allylic oxidation sites excluding steroid dienone is 2. The molecule has 0 saturated heterocycles. The fourth-order valence-electron chi connectivity index (χ4n) is 12.5. The van der Waals surface area contributed by atoms with Gasteiger partial charge in [-0.2, -0.15) is 0 Å². The molecule has 5 N–H and O–H groups in total. The third-order valence-corrected chi connectivity index (χ3v) is 17.3. The molecule has 2 atom stereocenters. The molecule has 2 fully saturated rings. The molecular weight excluding hydrogens is 901 g/mol. The average Bonchev–Trinajstić information content (AvgIpc) is 3.64. The highest BCUT2D eigenvalue weighted by molar-refractivity contribution is 6.52. The van der Waals surface area contributed by atoms with Gasteiger partial charge in [-0.05, 0) is 131 Å². The van der Waals surface area contributed by atoms with Crippen molar-refractivity contribution in [2.75, 3.05) is 15.5 Å². The molecule has 4 amide bonds. The van der Waals surface area contributed by atoms with Crippen molar-refractivity contribution in [3.8, 4) is 0 Å². The molecule has 394 valence electrons. The number of hydrogen-bond acceptors (Lipinski definition) is 7. The Morgan fingerprint density at radius 1 is 0.625 bits per heavy atom. The Hall–Kier alpha value is -5.00. The minimum Gasteiger partial charge on any atom is -0.506 e. The Kier molecular flexibility index (Phi) is 17.9. The lowest BCUT2D eigenvalue weighted by atomic mass is 9.76. The number of hydrogen-bond donors (Lipinski definition) is 5. The van der Waals surface area contributed by atoms with Gasteiger partial charge in [0.2, 0.25) is 34.8 Å². The van der Waals surface area contributed by atoms with Crippen LogP contribution in [-0.2, 0) is 34.8 Å². The van der Waals surface area contributed by atoms with Crippen molar-refractivity contribution in [3.63, 3.8) is 0 Å². The monoisotopic (exact) mass is 990 g/mol. The Labute approximate surface area is 430 Å². The van der Waals surface area contributed by atoms with Gasteiger partial charge < -0.3 is 31.3 Å². The zero-order valence-electron chi connectivity index (χ0n) is 45.7. The SMILES string of the molecule is CC(C)N1c2cc(NC(=O)CCCCCCC(=O)NC3CCCCC3)c(C3=C(O)/C(=c4/cc5c(cc4NC(=O)CCCCCCC(=O)NC4CCCCC4)=[N+](C(C)C)C(C)C5(C)C)C3=O)cc2C(C)(C)C1C. The molecule has 72 heavy (non-hydrogen) atoms. The quantitative estimate of drug-likeness (QED) is 0.0615. The van der Waals surface area contributed by atoms with Gasteiger partial charge in [-0.25, -0.2) is 4.58 Å². The van der Waals surface area contributed by atoms with Crippen LogP contribution < -0.4 is 41.3 Å². The van der Waals surface area contributed by atoms with Crippen molar-refractivity contribution >= 4 is 57.6 Å². The van der Waals surface area contributed by atoms with E-state index in [1.807, 2.05) is 24.3 Å². The summed E-state index contributed by atoms with van der Waals surface area (Å²) < 4.78 is 2.37. The maximum absolute atomic E-state index is 15.0. The molecule has 0 spiro atoms. The van der Waals surface area contributed by atoms with E-state index in [9.17, 15) is 29.1 Å². The number of ketones is 1. The van der Waals surface area contributed by atoms with Gasteiger partial charge >= 0.3 is 0 Å². The molecule has 0 radical (unpaired) electrons. The van der Waals surface area contributed by atoms with Gasteiger partial charge in [-0.15, -0.1) is 0 Å². The zero-order valence-corrected chi connectivity index (χ0v) is 45.7. The molecule has 2 unspecified atom stereocenters. The van der Waals surface area contributed by atoms with E-state index in [1.54, 1.807) is 0 Å². The average molecular weight is 990 g/mol. The number of Topliss-reactive ketones (excluding diaryl/α,β-unsaturated/α-hetero) is 1. The first-order chi connectivity index (χ1) is 34.2. The Bertz CT molecular complexity index is 2530. The summed E-state index contributed by atoms with van der Waals surface area (Å²) in [6.45, 7) is 21.9. The number of nitrogens with one attached hydrogen (secondary N) is 4. The molecule has 5 aliphatic rings. The molecule has 12 heteroatoms. The van der Waals surface area contributed by atoms with Gasteiger partial charge in [0, 0.05) is 83.4 Å². The normalized spacial score (nSPS) is 21.5. The Morgan fingerprint density at radius 2 is 1.11 bits per heavy atom. The number of rotatable bonds is 21. The van der Waals surface area contributed by atoms with Gasteiger partial charge in [0.25, 0.3) is 0 Å². The summed E-state index contributed by atoms with van der Waals surface area (Å²) in [6, 6.07) is 9.21. The van der Waals surface area contributed by atoms with Crippen molar-refractivity contribution in [1.82, 2.24) is 15.2 Å². The van der Waals surface area contributed by atoms with E-state index in [0.717, 1.165) is 86.4 Å². The van der Waals surface area contributed by atoms with Crippen LogP contribution in [0.5, 0.6) is 0 Å². The highest BCUT2D eigenvalue weighted by Crippen LogP contribution is 2.51. The van der Waals surface area contributed by atoms with Crippen LogP contribution in [0.1, 0.15) is 227 Å². The van der Waals surface area contributed by atoms with Crippen LogP contribution in [0, 0.1) is 0 Å². The van der Waals surface area contributed by atoms with Crippen LogP contribution in [0.4, 0.5) is 17.1 Å². The van der Waals surface area contributed by atoms with Crippen LogP contribution in [0.2, 0.25) is 0 Å². The molecule has 2 heterocycles. The number of carbonyl (C=O) groups is 5. The van der Waals surface area contributed by atoms with Crippen LogP contribution in [0.25, 0.3) is 11.1 Å². The van der Waals surface area contributed by atoms with E-state index in [0.29, 0.717) is 59.9 Å². The molecule has 2 aromatic rings. The number of carbonyl (C=O) groups excluding carboxylic acids is 5. The first-order valence-electron chi connectivity index (χ1n) is 28.2. The number of nitrogens with zero attached hydrogens (tertiary/aromatic N) is 2. The van der Waals surface area contributed by atoms with Crippen molar-refractivity contribution in [1.29, 1.82) is 0 Å². The van der Waals surface area contributed by atoms with Gasteiger partial charge in [0.15, 0.2) is 6.04 Å². The molecule has 0 aromatic heterocycles. The molecule has 2 aliphatic heterocycles. The number of unbranched alkanes of at least 4 members (excludes halogenated alkanes) is 6. The highest BCUT2D eigenvalue weighted by atomic mass is 16.3. The molecule has 3 aliphatic carbocycles. The Balaban J connectivity index is 1.13. The molecule has 2 saturated carbocycles. The van der Waals surface area contributed by atoms with Gasteiger partial charge in [0.1, 0.15) is 11.8 Å². The first-order valence-corrected chi connectivity index (χ1v) is 28.2. The predicted octanol–water partition coefficient (Wildman–Crippen LogP) is 10.3. The number of anilines is 3. The van der Waals surface area contributed by atoms with Crippen LogP contribution in [0.15, 0.2) is 30.0 Å². The number of aliphatic hydroxyl groups excluding tert-OH is 1. The Morgan fingerprint density at radius 3 is 1.58 bits per heavy atom. The molecular formula is C60H89N6O6+. The molecule has 2 aromatic carbocycles. The maximum Gasteiger partial charge on any atom is 0.224 e. The van der Waals surface area contributed by atoms with E-state index in [1.165, 1.54) is 38.5 Å². The van der Waals surface area contributed by atoms with E-state index >= 15 is 0 Å². The summed E-state index contributed by atoms with van der Waals surface area (Å²) in [4.78, 5) is 70.1. The van der Waals surface area contributed by atoms with Crippen molar-refractivity contribution in [3.05, 3.63) is 57.3 Å². The van der Waals surface area contributed by atoms with Crippen molar-refractivity contribution in [2.45, 2.75) is 258 Å². The van der Waals surface area contributed by atoms with Crippen LogP contribution in [-0.4, -0.2) is 70.8 Å². The number of amides is 4. The predicted molar refractivity (Wildman–Crippen MR) is 292 cm³/mol. The topological polar surface area (TPSA) is 160 Å². The third kappa shape index (κ3) is 12.0. The lowest BCUT2D eigenvalue weighted by Crippen LogP contribution is -2.42. The van der Waals surface area contributed by atoms with Gasteiger partial charge in [0.05, 0.1) is 27.9 Å². The first kappa shape index (κ1) is 54.8. The minimum absolute atomic E-state index is 0.124. The van der Waals surface area contributed by atoms with Gasteiger partial charge in [-0.1, -0.05) is 78.1 Å². The number of aliphatic hydroxyl groups is 1. The third-order valence-electron chi connectivity index (χ3n) is 17.3. The number of fused-ring (bicyclic) bond motifs is 2. The largest absolute Gasteiger partial charge is 0.506 e. The summed E-state index contributed by atoms with van der Waals surface area (Å²) in [5.74, 6) is -0.581. The van der Waals surface area contributed by atoms with E-state index in [2.05, 4.69) is 100.0 Å². The van der Waals surface area contributed by atoms with Crippen LogP contribution >= 0.6 is 0 Å². The highest BCUT2D eigenvalue weighted by Gasteiger charge is 2.48.